The summed E-state index contributed by atoms with van der Waals surface area (Å²) in [7, 11) is 0. The number of rotatable bonds is 15. The minimum atomic E-state index is -1.44. The molecule has 0 aliphatic carbocycles. The van der Waals surface area contributed by atoms with Gasteiger partial charge in [-0.3, -0.25) is 19.2 Å². The Morgan fingerprint density at radius 1 is 0.795 bits per heavy atom. The third-order valence-corrected chi connectivity index (χ3v) is 7.00. The van der Waals surface area contributed by atoms with Crippen LogP contribution >= 0.6 is 0 Å². The van der Waals surface area contributed by atoms with E-state index in [0.29, 0.717) is 11.3 Å². The number of para-hydroxylation sites is 1. The summed E-state index contributed by atoms with van der Waals surface area (Å²) in [5.74, 6) is -4.51. The lowest BCUT2D eigenvalue weighted by molar-refractivity contribution is -0.142. The molecule has 4 rings (SSSR count). The fraction of sp³-hybridized carbons (Fsp3) is 0.267. The summed E-state index contributed by atoms with van der Waals surface area (Å²) in [6.45, 7) is 0. The van der Waals surface area contributed by atoms with E-state index in [1.165, 1.54) is 12.5 Å². The number of amides is 4. The van der Waals surface area contributed by atoms with Gasteiger partial charge in [0, 0.05) is 41.8 Å². The van der Waals surface area contributed by atoms with Gasteiger partial charge in [0.15, 0.2) is 0 Å². The number of primary amides is 1. The Bertz CT molecular complexity index is 1600. The highest BCUT2D eigenvalue weighted by atomic mass is 16.4. The highest BCUT2D eigenvalue weighted by Gasteiger charge is 2.31. The van der Waals surface area contributed by atoms with Crippen LogP contribution in [0.5, 0.6) is 0 Å². The SMILES string of the molecule is NC(=O)CC(NC(=O)C(N)Cc1c[nH]c2ccccc12)C(=O)NC(Cc1ccccc1)C(=O)NC(Cc1cnc[nH]1)C(=O)O. The second kappa shape index (κ2) is 14.6. The summed E-state index contributed by atoms with van der Waals surface area (Å²) in [4.78, 5) is 73.4. The molecule has 0 saturated carbocycles. The van der Waals surface area contributed by atoms with E-state index < -0.39 is 60.2 Å². The molecule has 0 bridgehead atoms. The van der Waals surface area contributed by atoms with Gasteiger partial charge in [-0.1, -0.05) is 48.5 Å². The van der Waals surface area contributed by atoms with Crippen molar-refractivity contribution in [1.82, 2.24) is 30.9 Å². The smallest absolute Gasteiger partial charge is 0.326 e. The van der Waals surface area contributed by atoms with Gasteiger partial charge < -0.3 is 42.5 Å². The number of hydrogen-bond donors (Lipinski definition) is 8. The first-order valence-electron chi connectivity index (χ1n) is 13.8. The zero-order valence-corrected chi connectivity index (χ0v) is 23.7. The van der Waals surface area contributed by atoms with Gasteiger partial charge >= 0.3 is 5.97 Å². The Kier molecular flexibility index (Phi) is 10.4. The number of carbonyl (C=O) groups is 5. The van der Waals surface area contributed by atoms with Crippen molar-refractivity contribution in [3.63, 3.8) is 0 Å². The summed E-state index contributed by atoms with van der Waals surface area (Å²) in [5.41, 5.74) is 14.4. The quantitative estimate of drug-likeness (QED) is 0.0893. The number of aliphatic carboxylic acids is 1. The molecule has 0 aliphatic heterocycles. The second-order valence-corrected chi connectivity index (χ2v) is 10.3. The van der Waals surface area contributed by atoms with E-state index in [1.54, 1.807) is 36.5 Å². The van der Waals surface area contributed by atoms with Crippen molar-refractivity contribution >= 4 is 40.5 Å². The highest BCUT2D eigenvalue weighted by molar-refractivity contribution is 5.96. The Morgan fingerprint density at radius 3 is 2.14 bits per heavy atom. The predicted molar refractivity (Wildman–Crippen MR) is 160 cm³/mol. The number of nitrogens with one attached hydrogen (secondary N) is 5. The number of fused-ring (bicyclic) bond motifs is 1. The van der Waals surface area contributed by atoms with Crippen LogP contribution in [-0.4, -0.2) is 73.8 Å². The van der Waals surface area contributed by atoms with E-state index in [2.05, 4.69) is 30.9 Å². The lowest BCUT2D eigenvalue weighted by Crippen LogP contribution is -2.58. The molecule has 0 aliphatic rings. The number of nitrogens with zero attached hydrogens (tertiary/aromatic N) is 1. The van der Waals surface area contributed by atoms with E-state index in [9.17, 15) is 29.1 Å². The maximum atomic E-state index is 13.4. The van der Waals surface area contributed by atoms with Crippen LogP contribution in [0.2, 0.25) is 0 Å². The molecule has 230 valence electrons. The molecule has 2 heterocycles. The van der Waals surface area contributed by atoms with Gasteiger partial charge in [-0.2, -0.15) is 0 Å². The number of imidazole rings is 1. The van der Waals surface area contributed by atoms with E-state index in [-0.39, 0.29) is 19.3 Å². The first-order valence-corrected chi connectivity index (χ1v) is 13.8. The average Bonchev–Trinajstić information content (AvgIpc) is 3.66. The van der Waals surface area contributed by atoms with Crippen molar-refractivity contribution in [3.8, 4) is 0 Å². The minimum Gasteiger partial charge on any atom is -0.480 e. The van der Waals surface area contributed by atoms with E-state index >= 15 is 0 Å². The molecule has 10 N–H and O–H groups in total. The number of carboxylic acid groups (broad SMARTS) is 1. The third-order valence-electron chi connectivity index (χ3n) is 7.00. The number of nitrogens with two attached hydrogens (primary N) is 2. The largest absolute Gasteiger partial charge is 0.480 e. The summed E-state index contributed by atoms with van der Waals surface area (Å²) in [5, 5.41) is 18.1. The molecule has 44 heavy (non-hydrogen) atoms. The molecular formula is C30H34N8O6. The van der Waals surface area contributed by atoms with Gasteiger partial charge in [0.05, 0.1) is 18.8 Å². The van der Waals surface area contributed by atoms with Crippen molar-refractivity contribution < 1.29 is 29.1 Å². The lowest BCUT2D eigenvalue weighted by Gasteiger charge is -2.25. The predicted octanol–water partition coefficient (Wildman–Crippen LogP) is -0.339. The number of aromatic nitrogens is 3. The normalized spacial score (nSPS) is 13.8. The average molecular weight is 603 g/mol. The zero-order chi connectivity index (χ0) is 31.6. The van der Waals surface area contributed by atoms with Crippen LogP contribution in [0.15, 0.2) is 73.3 Å². The van der Waals surface area contributed by atoms with Crippen molar-refractivity contribution in [1.29, 1.82) is 0 Å². The van der Waals surface area contributed by atoms with Crippen molar-refractivity contribution in [2.45, 2.75) is 49.9 Å². The molecular weight excluding hydrogens is 568 g/mol. The molecule has 4 amide bonds. The number of aromatic amines is 2. The number of H-pyrrole nitrogens is 2. The Labute approximate surface area is 252 Å². The monoisotopic (exact) mass is 602 g/mol. The molecule has 14 nitrogen and oxygen atoms in total. The Morgan fingerprint density at radius 2 is 1.45 bits per heavy atom. The van der Waals surface area contributed by atoms with E-state index in [4.69, 9.17) is 11.5 Å². The molecule has 0 saturated heterocycles. The zero-order valence-electron chi connectivity index (χ0n) is 23.7. The van der Waals surface area contributed by atoms with Gasteiger partial charge in [0.25, 0.3) is 0 Å². The lowest BCUT2D eigenvalue weighted by atomic mass is 10.0. The molecule has 0 fully saturated rings. The maximum absolute atomic E-state index is 13.4. The molecule has 14 heteroatoms. The molecule has 4 unspecified atom stereocenters. The third kappa shape index (κ3) is 8.51. The van der Waals surface area contributed by atoms with E-state index in [0.717, 1.165) is 16.5 Å². The van der Waals surface area contributed by atoms with Crippen molar-refractivity contribution in [2.24, 2.45) is 11.5 Å². The van der Waals surface area contributed by atoms with Gasteiger partial charge in [-0.05, 0) is 23.6 Å². The van der Waals surface area contributed by atoms with Gasteiger partial charge in [0.2, 0.25) is 23.6 Å². The van der Waals surface area contributed by atoms with Gasteiger partial charge in [-0.25, -0.2) is 9.78 Å². The Hall–Kier alpha value is -5.50. The molecule has 0 radical (unpaired) electrons. The summed E-state index contributed by atoms with van der Waals surface area (Å²) in [6.07, 6.45) is 4.06. The first-order chi connectivity index (χ1) is 21.1. The van der Waals surface area contributed by atoms with Crippen LogP contribution in [-0.2, 0) is 43.2 Å². The number of carbonyl (C=O) groups excluding carboxylic acids is 4. The van der Waals surface area contributed by atoms with Crippen molar-refractivity contribution in [2.75, 3.05) is 0 Å². The van der Waals surface area contributed by atoms with Crippen LogP contribution in [0.25, 0.3) is 10.9 Å². The maximum Gasteiger partial charge on any atom is 0.326 e. The van der Waals surface area contributed by atoms with Crippen LogP contribution in [0.1, 0.15) is 23.2 Å². The van der Waals surface area contributed by atoms with Crippen LogP contribution in [0.3, 0.4) is 0 Å². The molecule has 2 aromatic heterocycles. The highest BCUT2D eigenvalue weighted by Crippen LogP contribution is 2.19. The summed E-state index contributed by atoms with van der Waals surface area (Å²) >= 11 is 0. The molecule has 0 spiro atoms. The number of benzene rings is 2. The van der Waals surface area contributed by atoms with Gasteiger partial charge in [-0.15, -0.1) is 0 Å². The molecule has 4 aromatic rings. The topological polar surface area (TPSA) is 238 Å². The standard InChI is InChI=1S/C30H34N8O6/c31-21(11-18-14-34-22-9-5-4-8-20(18)22)27(40)36-24(13-26(32)39)29(42)37-23(10-17-6-2-1-3-7-17)28(41)38-25(30(43)44)12-19-15-33-16-35-19/h1-9,14-16,21,23-25,34H,10-13,31H2,(H2,32,39)(H,33,35)(H,36,40)(H,37,42)(H,38,41)(H,43,44). The molecule has 4 atom stereocenters. The number of carboxylic acids is 1. The minimum absolute atomic E-state index is 0.00781. The van der Waals surface area contributed by atoms with Crippen LogP contribution < -0.4 is 27.4 Å². The summed E-state index contributed by atoms with van der Waals surface area (Å²) < 4.78 is 0. The van der Waals surface area contributed by atoms with E-state index in [1.807, 2.05) is 24.3 Å². The Balaban J connectivity index is 1.48. The summed E-state index contributed by atoms with van der Waals surface area (Å²) in [6, 6.07) is 11.1. The van der Waals surface area contributed by atoms with Crippen molar-refractivity contribution in [3.05, 3.63) is 90.1 Å². The first kappa shape index (κ1) is 31.4. The number of hydrogen-bond acceptors (Lipinski definition) is 7. The second-order valence-electron chi connectivity index (χ2n) is 10.3. The molecule has 2 aromatic carbocycles. The van der Waals surface area contributed by atoms with Crippen LogP contribution in [0, 0.1) is 0 Å². The fourth-order valence-electron chi connectivity index (χ4n) is 4.74. The van der Waals surface area contributed by atoms with Crippen LogP contribution in [0.4, 0.5) is 0 Å². The van der Waals surface area contributed by atoms with Gasteiger partial charge in [0.1, 0.15) is 18.1 Å². The fourth-order valence-corrected chi connectivity index (χ4v) is 4.74.